The van der Waals surface area contributed by atoms with Crippen molar-refractivity contribution in [3.8, 4) is 0 Å². The Bertz CT molecular complexity index is 392. The summed E-state index contributed by atoms with van der Waals surface area (Å²) >= 11 is 4.68. The van der Waals surface area contributed by atoms with Gasteiger partial charge in [0.1, 0.15) is 10.8 Å². The van der Waals surface area contributed by atoms with Crippen LogP contribution in [0.3, 0.4) is 0 Å². The number of amides is 1. The lowest BCUT2D eigenvalue weighted by Gasteiger charge is -2.08. The van der Waals surface area contributed by atoms with Gasteiger partial charge in [-0.1, -0.05) is 18.3 Å². The number of halogens is 1. The van der Waals surface area contributed by atoms with Crippen molar-refractivity contribution in [1.29, 1.82) is 0 Å². The molecule has 0 unspecified atom stereocenters. The maximum absolute atomic E-state index is 13.2. The highest BCUT2D eigenvalue weighted by atomic mass is 32.1. The predicted molar refractivity (Wildman–Crippen MR) is 56.6 cm³/mol. The van der Waals surface area contributed by atoms with Crippen LogP contribution in [-0.4, -0.2) is 10.9 Å². The molecule has 0 aromatic heterocycles. The van der Waals surface area contributed by atoms with Gasteiger partial charge in [-0.2, -0.15) is 0 Å². The Morgan fingerprint density at radius 2 is 2.21 bits per heavy atom. The van der Waals surface area contributed by atoms with Crippen LogP contribution in [0.1, 0.15) is 12.5 Å². The van der Waals surface area contributed by atoms with Crippen LogP contribution in [0.25, 0.3) is 0 Å². The number of rotatable bonds is 2. The van der Waals surface area contributed by atoms with Gasteiger partial charge in [0.05, 0.1) is 11.3 Å². The van der Waals surface area contributed by atoms with Gasteiger partial charge in [-0.25, -0.2) is 4.39 Å². The largest absolute Gasteiger partial charge is 0.389 e. The number of hydrogen-bond acceptors (Lipinski definition) is 2. The molecule has 0 saturated carbocycles. The number of nitrogens with two attached hydrogens (primary N) is 1. The first kappa shape index (κ1) is 10.6. The molecule has 5 heteroatoms. The fourth-order valence-electron chi connectivity index (χ4n) is 1.07. The summed E-state index contributed by atoms with van der Waals surface area (Å²) in [5.74, 6) is -0.836. The van der Waals surface area contributed by atoms with Crippen molar-refractivity contribution in [1.82, 2.24) is 0 Å². The SMILES string of the molecule is CC(=O)Nc1cccc(F)c1C(N)=S. The van der Waals surface area contributed by atoms with Crippen molar-refractivity contribution in [3.05, 3.63) is 29.6 Å². The first-order valence-corrected chi connectivity index (χ1v) is 4.29. The number of hydrogen-bond donors (Lipinski definition) is 2. The van der Waals surface area contributed by atoms with Gasteiger partial charge in [0.25, 0.3) is 0 Å². The number of carbonyl (C=O) groups is 1. The molecular formula is C9H9FN2OS. The summed E-state index contributed by atoms with van der Waals surface area (Å²) in [5, 5.41) is 2.45. The molecule has 0 heterocycles. The molecule has 14 heavy (non-hydrogen) atoms. The van der Waals surface area contributed by atoms with E-state index in [1.54, 1.807) is 6.07 Å². The minimum Gasteiger partial charge on any atom is -0.389 e. The third-order valence-electron chi connectivity index (χ3n) is 1.57. The number of anilines is 1. The number of benzene rings is 1. The van der Waals surface area contributed by atoms with Crippen LogP contribution in [0, 0.1) is 5.82 Å². The number of carbonyl (C=O) groups excluding carboxylic acids is 1. The molecule has 74 valence electrons. The Kier molecular flexibility index (Phi) is 3.14. The molecule has 0 aliphatic carbocycles. The first-order chi connectivity index (χ1) is 6.52. The van der Waals surface area contributed by atoms with E-state index in [-0.39, 0.29) is 16.5 Å². The average Bonchev–Trinajstić information content (AvgIpc) is 2.01. The van der Waals surface area contributed by atoms with Gasteiger partial charge >= 0.3 is 0 Å². The number of thiocarbonyl (C=S) groups is 1. The van der Waals surface area contributed by atoms with E-state index < -0.39 is 5.82 Å². The highest BCUT2D eigenvalue weighted by Crippen LogP contribution is 2.18. The fourth-order valence-corrected chi connectivity index (χ4v) is 1.28. The molecule has 0 bridgehead atoms. The van der Waals surface area contributed by atoms with Gasteiger partial charge in [0, 0.05) is 6.92 Å². The second-order valence-electron chi connectivity index (χ2n) is 2.71. The molecule has 0 atom stereocenters. The Labute approximate surface area is 86.1 Å². The quantitative estimate of drug-likeness (QED) is 0.729. The van der Waals surface area contributed by atoms with Crippen molar-refractivity contribution in [2.45, 2.75) is 6.92 Å². The highest BCUT2D eigenvalue weighted by molar-refractivity contribution is 7.80. The van der Waals surface area contributed by atoms with Crippen LogP contribution in [0.2, 0.25) is 0 Å². The Morgan fingerprint density at radius 1 is 1.57 bits per heavy atom. The summed E-state index contributed by atoms with van der Waals surface area (Å²) in [7, 11) is 0. The molecule has 0 aliphatic heterocycles. The van der Waals surface area contributed by atoms with E-state index in [1.165, 1.54) is 19.1 Å². The van der Waals surface area contributed by atoms with E-state index in [4.69, 9.17) is 5.73 Å². The lowest BCUT2D eigenvalue weighted by atomic mass is 10.1. The van der Waals surface area contributed by atoms with E-state index in [2.05, 4.69) is 17.5 Å². The third kappa shape index (κ3) is 2.26. The topological polar surface area (TPSA) is 55.1 Å². The maximum Gasteiger partial charge on any atom is 0.221 e. The van der Waals surface area contributed by atoms with Crippen LogP contribution in [-0.2, 0) is 4.79 Å². The van der Waals surface area contributed by atoms with E-state index in [1.807, 2.05) is 0 Å². The van der Waals surface area contributed by atoms with E-state index in [9.17, 15) is 9.18 Å². The molecule has 1 rings (SSSR count). The molecule has 0 aliphatic rings. The van der Waals surface area contributed by atoms with Gasteiger partial charge in [0.15, 0.2) is 0 Å². The van der Waals surface area contributed by atoms with E-state index in [0.717, 1.165) is 0 Å². The minimum absolute atomic E-state index is 0.0673. The van der Waals surface area contributed by atoms with Crippen LogP contribution in [0.4, 0.5) is 10.1 Å². The van der Waals surface area contributed by atoms with Crippen LogP contribution in [0.15, 0.2) is 18.2 Å². The lowest BCUT2D eigenvalue weighted by molar-refractivity contribution is -0.114. The zero-order chi connectivity index (χ0) is 10.7. The van der Waals surface area contributed by atoms with Gasteiger partial charge in [-0.15, -0.1) is 0 Å². The molecule has 1 aromatic rings. The summed E-state index contributed by atoms with van der Waals surface area (Å²) < 4.78 is 13.2. The van der Waals surface area contributed by atoms with Gasteiger partial charge < -0.3 is 11.1 Å². The Hall–Kier alpha value is -1.49. The monoisotopic (exact) mass is 212 g/mol. The Balaban J connectivity index is 3.21. The molecule has 0 radical (unpaired) electrons. The predicted octanol–water partition coefficient (Wildman–Crippen LogP) is 1.42. The van der Waals surface area contributed by atoms with Crippen LogP contribution in [0.5, 0.6) is 0 Å². The highest BCUT2D eigenvalue weighted by Gasteiger charge is 2.11. The molecule has 1 aromatic carbocycles. The van der Waals surface area contributed by atoms with Crippen LogP contribution < -0.4 is 11.1 Å². The van der Waals surface area contributed by atoms with Crippen molar-refractivity contribution in [2.75, 3.05) is 5.32 Å². The normalized spacial score (nSPS) is 9.57. The summed E-state index contributed by atoms with van der Waals surface area (Å²) in [6.07, 6.45) is 0. The molecule has 1 amide bonds. The zero-order valence-electron chi connectivity index (χ0n) is 7.50. The molecular weight excluding hydrogens is 203 g/mol. The fraction of sp³-hybridized carbons (Fsp3) is 0.111. The van der Waals surface area contributed by atoms with Crippen molar-refractivity contribution in [2.24, 2.45) is 5.73 Å². The first-order valence-electron chi connectivity index (χ1n) is 3.88. The summed E-state index contributed by atoms with van der Waals surface area (Å²) in [4.78, 5) is 10.7. The van der Waals surface area contributed by atoms with Gasteiger partial charge in [-0.3, -0.25) is 4.79 Å². The van der Waals surface area contributed by atoms with Crippen molar-refractivity contribution >= 4 is 28.8 Å². The summed E-state index contributed by atoms with van der Waals surface area (Å²) in [5.41, 5.74) is 5.69. The maximum atomic E-state index is 13.2. The zero-order valence-corrected chi connectivity index (χ0v) is 8.32. The minimum atomic E-state index is -0.538. The molecule has 0 spiro atoms. The average molecular weight is 212 g/mol. The van der Waals surface area contributed by atoms with Crippen molar-refractivity contribution < 1.29 is 9.18 Å². The summed E-state index contributed by atoms with van der Waals surface area (Å²) in [6.45, 7) is 1.33. The standard InChI is InChI=1S/C9H9FN2OS/c1-5(13)12-7-4-2-3-6(10)8(7)9(11)14/h2-4H,1H3,(H2,11,14)(H,12,13). The lowest BCUT2D eigenvalue weighted by Crippen LogP contribution is -2.17. The van der Waals surface area contributed by atoms with Gasteiger partial charge in [-0.05, 0) is 12.1 Å². The van der Waals surface area contributed by atoms with E-state index in [0.29, 0.717) is 5.69 Å². The smallest absolute Gasteiger partial charge is 0.221 e. The molecule has 3 N–H and O–H groups in total. The molecule has 0 fully saturated rings. The molecule has 0 saturated heterocycles. The second kappa shape index (κ2) is 4.15. The number of nitrogens with one attached hydrogen (secondary N) is 1. The van der Waals surface area contributed by atoms with E-state index >= 15 is 0 Å². The third-order valence-corrected chi connectivity index (χ3v) is 1.77. The van der Waals surface area contributed by atoms with Gasteiger partial charge in [0.2, 0.25) is 5.91 Å². The van der Waals surface area contributed by atoms with Crippen molar-refractivity contribution in [3.63, 3.8) is 0 Å². The van der Waals surface area contributed by atoms with Crippen LogP contribution >= 0.6 is 12.2 Å². The summed E-state index contributed by atoms with van der Waals surface area (Å²) in [6, 6.07) is 4.25. The Morgan fingerprint density at radius 3 is 2.71 bits per heavy atom. The second-order valence-corrected chi connectivity index (χ2v) is 3.15. The molecule has 3 nitrogen and oxygen atoms in total.